The number of nitrogens with one attached hydrogen (secondary N) is 1. The van der Waals surface area contributed by atoms with Crippen molar-refractivity contribution in [1.29, 1.82) is 0 Å². The van der Waals surface area contributed by atoms with E-state index in [0.717, 1.165) is 17.8 Å². The number of piperidine rings is 1. The van der Waals surface area contributed by atoms with Crippen molar-refractivity contribution in [1.82, 2.24) is 10.2 Å². The van der Waals surface area contributed by atoms with E-state index in [1.165, 1.54) is 64.8 Å². The zero-order valence-electron chi connectivity index (χ0n) is 13.8. The zero-order chi connectivity index (χ0) is 14.1. The molecular weight excluding hydrogens is 232 g/mol. The highest BCUT2D eigenvalue weighted by molar-refractivity contribution is 4.71. The summed E-state index contributed by atoms with van der Waals surface area (Å²) in [7, 11) is 0. The molecule has 1 fully saturated rings. The molecule has 0 aliphatic carbocycles. The van der Waals surface area contributed by atoms with Gasteiger partial charge in [0.25, 0.3) is 0 Å². The molecule has 1 aliphatic rings. The van der Waals surface area contributed by atoms with Gasteiger partial charge in [-0.15, -0.1) is 0 Å². The molecule has 0 aromatic rings. The van der Waals surface area contributed by atoms with Gasteiger partial charge in [-0.2, -0.15) is 0 Å². The number of nitrogens with zero attached hydrogens (tertiary/aromatic N) is 1. The molecule has 0 aromatic heterocycles. The largest absolute Gasteiger partial charge is 0.316 e. The van der Waals surface area contributed by atoms with Crippen molar-refractivity contribution < 1.29 is 0 Å². The molecule has 1 unspecified atom stereocenters. The van der Waals surface area contributed by atoms with Crippen LogP contribution >= 0.6 is 0 Å². The molecule has 0 amide bonds. The third-order valence-corrected chi connectivity index (χ3v) is 4.30. The standard InChI is InChI=1S/C17H36N2/c1-15(2)7-11-19(12-8-16(3)4)13-9-17-6-5-10-18-14-17/h15-18H,5-14H2,1-4H3. The molecule has 2 nitrogen and oxygen atoms in total. The fourth-order valence-electron chi connectivity index (χ4n) is 2.75. The third-order valence-electron chi connectivity index (χ3n) is 4.30. The van der Waals surface area contributed by atoms with Crippen LogP contribution in [-0.4, -0.2) is 37.6 Å². The molecule has 0 aromatic carbocycles. The Bertz CT molecular complexity index is 195. The summed E-state index contributed by atoms with van der Waals surface area (Å²) in [5, 5.41) is 3.54. The maximum Gasteiger partial charge on any atom is -0.00156 e. The van der Waals surface area contributed by atoms with Gasteiger partial charge < -0.3 is 10.2 Å². The van der Waals surface area contributed by atoms with Crippen molar-refractivity contribution in [2.75, 3.05) is 32.7 Å². The summed E-state index contributed by atoms with van der Waals surface area (Å²) in [6, 6.07) is 0. The van der Waals surface area contributed by atoms with Gasteiger partial charge in [0.05, 0.1) is 0 Å². The molecule has 1 atom stereocenters. The van der Waals surface area contributed by atoms with Crippen molar-refractivity contribution in [3.63, 3.8) is 0 Å². The summed E-state index contributed by atoms with van der Waals surface area (Å²) in [5.41, 5.74) is 0. The maximum absolute atomic E-state index is 3.54. The van der Waals surface area contributed by atoms with Crippen molar-refractivity contribution in [3.05, 3.63) is 0 Å². The van der Waals surface area contributed by atoms with E-state index >= 15 is 0 Å². The summed E-state index contributed by atoms with van der Waals surface area (Å²) in [6.45, 7) is 15.7. The second-order valence-corrected chi connectivity index (χ2v) is 7.21. The Kier molecular flexibility index (Phi) is 8.72. The van der Waals surface area contributed by atoms with Crippen LogP contribution in [0.15, 0.2) is 0 Å². The van der Waals surface area contributed by atoms with Crippen molar-refractivity contribution in [2.24, 2.45) is 17.8 Å². The quantitative estimate of drug-likeness (QED) is 0.685. The SMILES string of the molecule is CC(C)CCN(CCC(C)C)CCC1CCCNC1. The first kappa shape index (κ1) is 17.0. The fraction of sp³-hybridized carbons (Fsp3) is 1.00. The van der Waals surface area contributed by atoms with Crippen LogP contribution in [0.4, 0.5) is 0 Å². The van der Waals surface area contributed by atoms with Gasteiger partial charge in [0.1, 0.15) is 0 Å². The van der Waals surface area contributed by atoms with E-state index in [1.54, 1.807) is 0 Å². The zero-order valence-corrected chi connectivity index (χ0v) is 13.8. The van der Waals surface area contributed by atoms with Crippen molar-refractivity contribution >= 4 is 0 Å². The highest BCUT2D eigenvalue weighted by Gasteiger charge is 2.15. The Morgan fingerprint density at radius 3 is 2.11 bits per heavy atom. The lowest BCUT2D eigenvalue weighted by molar-refractivity contribution is 0.216. The van der Waals surface area contributed by atoms with E-state index in [9.17, 15) is 0 Å². The molecule has 114 valence electrons. The summed E-state index contributed by atoms with van der Waals surface area (Å²) in [5.74, 6) is 2.59. The molecule has 0 saturated carbocycles. The molecule has 19 heavy (non-hydrogen) atoms. The van der Waals surface area contributed by atoms with Crippen LogP contribution < -0.4 is 5.32 Å². The average molecular weight is 268 g/mol. The number of hydrogen-bond donors (Lipinski definition) is 1. The lowest BCUT2D eigenvalue weighted by Crippen LogP contribution is -2.34. The van der Waals surface area contributed by atoms with E-state index in [1.807, 2.05) is 0 Å². The monoisotopic (exact) mass is 268 g/mol. The average Bonchev–Trinajstić information content (AvgIpc) is 2.38. The molecule has 2 heteroatoms. The summed E-state index contributed by atoms with van der Waals surface area (Å²) in [4.78, 5) is 2.72. The predicted molar refractivity (Wildman–Crippen MR) is 85.6 cm³/mol. The Morgan fingerprint density at radius 2 is 1.63 bits per heavy atom. The Morgan fingerprint density at radius 1 is 1.00 bits per heavy atom. The van der Waals surface area contributed by atoms with Gasteiger partial charge in [0.2, 0.25) is 0 Å². The Hall–Kier alpha value is -0.0800. The van der Waals surface area contributed by atoms with Crippen LogP contribution in [0.2, 0.25) is 0 Å². The Balaban J connectivity index is 2.25. The van der Waals surface area contributed by atoms with Crippen LogP contribution in [-0.2, 0) is 0 Å². The van der Waals surface area contributed by atoms with Crippen molar-refractivity contribution in [2.45, 2.75) is 59.8 Å². The minimum Gasteiger partial charge on any atom is -0.316 e. The summed E-state index contributed by atoms with van der Waals surface area (Å²) in [6.07, 6.45) is 6.91. The van der Waals surface area contributed by atoms with E-state index in [4.69, 9.17) is 0 Å². The molecular formula is C17H36N2. The molecule has 0 radical (unpaired) electrons. The van der Waals surface area contributed by atoms with E-state index in [2.05, 4.69) is 37.9 Å². The number of rotatable bonds is 9. The highest BCUT2D eigenvalue weighted by atomic mass is 15.1. The van der Waals surface area contributed by atoms with Gasteiger partial charge >= 0.3 is 0 Å². The minimum absolute atomic E-state index is 0.831. The molecule has 1 heterocycles. The van der Waals surface area contributed by atoms with Crippen LogP contribution in [0.5, 0.6) is 0 Å². The molecule has 1 aliphatic heterocycles. The molecule has 1 rings (SSSR count). The first-order valence-corrected chi connectivity index (χ1v) is 8.51. The van der Waals surface area contributed by atoms with Crippen molar-refractivity contribution in [3.8, 4) is 0 Å². The Labute approximate surface area is 121 Å². The molecule has 1 N–H and O–H groups in total. The maximum atomic E-state index is 3.54. The second-order valence-electron chi connectivity index (χ2n) is 7.21. The topological polar surface area (TPSA) is 15.3 Å². The van der Waals surface area contributed by atoms with E-state index in [0.29, 0.717) is 0 Å². The molecule has 0 spiro atoms. The normalized spacial score (nSPS) is 20.7. The lowest BCUT2D eigenvalue weighted by Gasteiger charge is -2.28. The van der Waals surface area contributed by atoms with Gasteiger partial charge in [-0.25, -0.2) is 0 Å². The lowest BCUT2D eigenvalue weighted by atomic mass is 9.96. The molecule has 1 saturated heterocycles. The predicted octanol–water partition coefficient (Wildman–Crippen LogP) is 3.77. The smallest absolute Gasteiger partial charge is 0.00156 e. The van der Waals surface area contributed by atoms with Gasteiger partial charge in [0.15, 0.2) is 0 Å². The van der Waals surface area contributed by atoms with Gasteiger partial charge in [-0.05, 0) is 82.6 Å². The third kappa shape index (κ3) is 8.65. The van der Waals surface area contributed by atoms with E-state index in [-0.39, 0.29) is 0 Å². The highest BCUT2D eigenvalue weighted by Crippen LogP contribution is 2.15. The van der Waals surface area contributed by atoms with Crippen LogP contribution in [0.25, 0.3) is 0 Å². The first-order valence-electron chi connectivity index (χ1n) is 8.51. The van der Waals surface area contributed by atoms with Crippen LogP contribution in [0.3, 0.4) is 0 Å². The summed E-state index contributed by atoms with van der Waals surface area (Å²) < 4.78 is 0. The van der Waals surface area contributed by atoms with E-state index < -0.39 is 0 Å². The molecule has 0 bridgehead atoms. The minimum atomic E-state index is 0.831. The second kappa shape index (κ2) is 9.77. The van der Waals surface area contributed by atoms with Crippen LogP contribution in [0.1, 0.15) is 59.8 Å². The van der Waals surface area contributed by atoms with Gasteiger partial charge in [-0.1, -0.05) is 27.7 Å². The first-order chi connectivity index (χ1) is 9.08. The van der Waals surface area contributed by atoms with Crippen LogP contribution in [0, 0.1) is 17.8 Å². The summed E-state index contributed by atoms with van der Waals surface area (Å²) >= 11 is 0. The number of hydrogen-bond acceptors (Lipinski definition) is 2. The fourth-order valence-corrected chi connectivity index (χ4v) is 2.75. The van der Waals surface area contributed by atoms with Gasteiger partial charge in [-0.3, -0.25) is 0 Å². The van der Waals surface area contributed by atoms with Gasteiger partial charge in [0, 0.05) is 0 Å².